The van der Waals surface area contributed by atoms with Crippen molar-refractivity contribution >= 4 is 33.4 Å². The zero-order chi connectivity index (χ0) is 25.2. The summed E-state index contributed by atoms with van der Waals surface area (Å²) in [6, 6.07) is 16.9. The van der Waals surface area contributed by atoms with Crippen LogP contribution in [0.25, 0.3) is 21.8 Å². The molecule has 0 saturated carbocycles. The van der Waals surface area contributed by atoms with E-state index in [2.05, 4.69) is 58.3 Å². The Labute approximate surface area is 211 Å². The molecule has 1 aliphatic rings. The summed E-state index contributed by atoms with van der Waals surface area (Å²) in [4.78, 5) is 30.6. The smallest absolute Gasteiger partial charge is 0.291 e. The molecule has 36 heavy (non-hydrogen) atoms. The SMILES string of the molecule is Cc1cccc(N2CCN(CCCNC(=O)Cn3c4ccccc4c4cnn(C)c(=O)c43)C[C@@H]2C)c1. The molecule has 1 aliphatic heterocycles. The molecule has 0 radical (unpaired) electrons. The van der Waals surface area contributed by atoms with Gasteiger partial charge < -0.3 is 14.8 Å². The Kier molecular flexibility index (Phi) is 6.78. The average molecular weight is 487 g/mol. The summed E-state index contributed by atoms with van der Waals surface area (Å²) in [5.41, 5.74) is 3.77. The van der Waals surface area contributed by atoms with Crippen LogP contribution in [0.15, 0.2) is 59.5 Å². The lowest BCUT2D eigenvalue weighted by molar-refractivity contribution is -0.121. The molecule has 0 unspecified atom stereocenters. The fourth-order valence-electron chi connectivity index (χ4n) is 5.36. The highest BCUT2D eigenvalue weighted by atomic mass is 16.2. The van der Waals surface area contributed by atoms with Crippen LogP contribution in [0.3, 0.4) is 0 Å². The van der Waals surface area contributed by atoms with E-state index in [9.17, 15) is 9.59 Å². The van der Waals surface area contributed by atoms with E-state index in [1.54, 1.807) is 13.2 Å². The molecule has 0 spiro atoms. The molecule has 1 fully saturated rings. The molecular weight excluding hydrogens is 452 g/mol. The van der Waals surface area contributed by atoms with E-state index in [1.165, 1.54) is 15.9 Å². The Balaban J connectivity index is 1.16. The number of hydrogen-bond donors (Lipinski definition) is 1. The summed E-state index contributed by atoms with van der Waals surface area (Å²) in [5, 5.41) is 8.94. The van der Waals surface area contributed by atoms with Crippen LogP contribution in [0.2, 0.25) is 0 Å². The number of nitrogens with one attached hydrogen (secondary N) is 1. The molecule has 3 heterocycles. The number of carbonyl (C=O) groups is 1. The van der Waals surface area contributed by atoms with Gasteiger partial charge in [0.25, 0.3) is 5.56 Å². The Morgan fingerprint density at radius 3 is 2.75 bits per heavy atom. The van der Waals surface area contributed by atoms with E-state index < -0.39 is 0 Å². The average Bonchev–Trinajstić information content (AvgIpc) is 3.18. The fraction of sp³-hybridized carbons (Fsp3) is 0.393. The van der Waals surface area contributed by atoms with Gasteiger partial charge in [-0.25, -0.2) is 4.68 Å². The van der Waals surface area contributed by atoms with Gasteiger partial charge in [-0.05, 0) is 50.6 Å². The highest BCUT2D eigenvalue weighted by molar-refractivity contribution is 6.07. The highest BCUT2D eigenvalue weighted by Crippen LogP contribution is 2.26. The van der Waals surface area contributed by atoms with Crippen molar-refractivity contribution in [1.29, 1.82) is 0 Å². The lowest BCUT2D eigenvalue weighted by Gasteiger charge is -2.41. The Hall–Kier alpha value is -3.65. The number of hydrogen-bond acceptors (Lipinski definition) is 5. The molecule has 1 amide bonds. The van der Waals surface area contributed by atoms with Gasteiger partial charge in [0.15, 0.2) is 0 Å². The molecule has 188 valence electrons. The van der Waals surface area contributed by atoms with Crippen molar-refractivity contribution in [2.24, 2.45) is 7.05 Å². The number of benzene rings is 2. The summed E-state index contributed by atoms with van der Waals surface area (Å²) in [6.45, 7) is 9.13. The van der Waals surface area contributed by atoms with E-state index in [4.69, 9.17) is 0 Å². The van der Waals surface area contributed by atoms with Crippen LogP contribution in [0, 0.1) is 6.92 Å². The zero-order valence-corrected chi connectivity index (χ0v) is 21.3. The quantitative estimate of drug-likeness (QED) is 0.407. The first-order valence-corrected chi connectivity index (χ1v) is 12.7. The number of para-hydroxylation sites is 1. The summed E-state index contributed by atoms with van der Waals surface area (Å²) in [7, 11) is 1.63. The molecule has 2 aromatic carbocycles. The Morgan fingerprint density at radius 2 is 1.94 bits per heavy atom. The monoisotopic (exact) mass is 486 g/mol. The van der Waals surface area contributed by atoms with Gasteiger partial charge in [0.1, 0.15) is 12.1 Å². The number of nitrogens with zero attached hydrogens (tertiary/aromatic N) is 5. The van der Waals surface area contributed by atoms with Crippen molar-refractivity contribution in [3.63, 3.8) is 0 Å². The number of amides is 1. The van der Waals surface area contributed by atoms with Crippen LogP contribution >= 0.6 is 0 Å². The van der Waals surface area contributed by atoms with Crippen LogP contribution in [-0.4, -0.2) is 63.9 Å². The van der Waals surface area contributed by atoms with Crippen molar-refractivity contribution < 1.29 is 4.79 Å². The van der Waals surface area contributed by atoms with E-state index in [-0.39, 0.29) is 18.0 Å². The van der Waals surface area contributed by atoms with Crippen molar-refractivity contribution in [2.45, 2.75) is 32.9 Å². The number of aromatic nitrogens is 3. The summed E-state index contributed by atoms with van der Waals surface area (Å²) >= 11 is 0. The normalized spacial score (nSPS) is 16.6. The van der Waals surface area contributed by atoms with Gasteiger partial charge in [-0.15, -0.1) is 0 Å². The maximum Gasteiger partial charge on any atom is 0.291 e. The summed E-state index contributed by atoms with van der Waals surface area (Å²) in [6.07, 6.45) is 2.59. The third-order valence-corrected chi connectivity index (χ3v) is 7.19. The zero-order valence-electron chi connectivity index (χ0n) is 21.3. The van der Waals surface area contributed by atoms with Crippen molar-refractivity contribution in [3.8, 4) is 0 Å². The molecule has 8 heteroatoms. The van der Waals surface area contributed by atoms with Crippen LogP contribution in [0.5, 0.6) is 0 Å². The maximum absolute atomic E-state index is 12.8. The molecule has 1 N–H and O–H groups in total. The van der Waals surface area contributed by atoms with Gasteiger partial charge in [0, 0.05) is 61.2 Å². The van der Waals surface area contributed by atoms with Gasteiger partial charge in [-0.3, -0.25) is 14.5 Å². The molecule has 8 nitrogen and oxygen atoms in total. The first kappa shape index (κ1) is 24.1. The van der Waals surface area contributed by atoms with Crippen molar-refractivity contribution in [2.75, 3.05) is 37.6 Å². The second kappa shape index (κ2) is 10.1. The van der Waals surface area contributed by atoms with Crippen molar-refractivity contribution in [3.05, 3.63) is 70.6 Å². The molecule has 0 bridgehead atoms. The number of anilines is 1. The minimum atomic E-state index is -0.199. The molecule has 5 rings (SSSR count). The molecule has 4 aromatic rings. The van der Waals surface area contributed by atoms with E-state index in [0.29, 0.717) is 18.1 Å². The standard InChI is InChI=1S/C28H34N6O2/c1-20-8-6-9-22(16-20)33-15-14-32(18-21(33)2)13-7-12-29-26(35)19-34-25-11-5-4-10-23(25)24-17-30-31(3)28(36)27(24)34/h4-6,8-11,16-17,21H,7,12-15,18-19H2,1-3H3,(H,29,35)/t21-/m0/s1. The van der Waals surface area contributed by atoms with E-state index >= 15 is 0 Å². The third-order valence-electron chi connectivity index (χ3n) is 7.19. The first-order chi connectivity index (χ1) is 17.4. The van der Waals surface area contributed by atoms with Gasteiger partial charge in [-0.1, -0.05) is 30.3 Å². The van der Waals surface area contributed by atoms with Crippen LogP contribution < -0.4 is 15.8 Å². The van der Waals surface area contributed by atoms with E-state index in [1.807, 2.05) is 28.8 Å². The maximum atomic E-state index is 12.8. The number of piperazine rings is 1. The van der Waals surface area contributed by atoms with Gasteiger partial charge in [-0.2, -0.15) is 5.10 Å². The van der Waals surface area contributed by atoms with Gasteiger partial charge in [0.2, 0.25) is 5.91 Å². The summed E-state index contributed by atoms with van der Waals surface area (Å²) in [5.74, 6) is -0.0887. The minimum Gasteiger partial charge on any atom is -0.366 e. The van der Waals surface area contributed by atoms with E-state index in [0.717, 1.165) is 48.9 Å². The molecule has 2 aromatic heterocycles. The molecule has 0 aliphatic carbocycles. The van der Waals surface area contributed by atoms with Crippen molar-refractivity contribution in [1.82, 2.24) is 24.6 Å². The fourth-order valence-corrected chi connectivity index (χ4v) is 5.36. The number of aryl methyl sites for hydroxylation is 2. The molecular formula is C28H34N6O2. The first-order valence-electron chi connectivity index (χ1n) is 12.7. The second-order valence-electron chi connectivity index (χ2n) is 9.82. The molecule has 1 atom stereocenters. The van der Waals surface area contributed by atoms with Crippen LogP contribution in [0.4, 0.5) is 5.69 Å². The summed E-state index contributed by atoms with van der Waals surface area (Å²) < 4.78 is 3.13. The lowest BCUT2D eigenvalue weighted by atomic mass is 10.1. The lowest BCUT2D eigenvalue weighted by Crippen LogP contribution is -2.52. The predicted octanol–water partition coefficient (Wildman–Crippen LogP) is 2.91. The Bertz CT molecular complexity index is 1460. The molecule has 1 saturated heterocycles. The number of rotatable bonds is 7. The predicted molar refractivity (Wildman–Crippen MR) is 145 cm³/mol. The topological polar surface area (TPSA) is 75.4 Å². The number of carbonyl (C=O) groups excluding carboxylic acids is 1. The minimum absolute atomic E-state index is 0.0887. The number of fused-ring (bicyclic) bond motifs is 3. The largest absolute Gasteiger partial charge is 0.366 e. The third kappa shape index (κ3) is 4.73. The van der Waals surface area contributed by atoms with Gasteiger partial charge >= 0.3 is 0 Å². The Morgan fingerprint density at radius 1 is 1.11 bits per heavy atom. The van der Waals surface area contributed by atoms with Crippen LogP contribution in [-0.2, 0) is 18.4 Å². The van der Waals surface area contributed by atoms with Crippen LogP contribution in [0.1, 0.15) is 18.9 Å². The van der Waals surface area contributed by atoms with Gasteiger partial charge in [0.05, 0.1) is 6.20 Å². The second-order valence-corrected chi connectivity index (χ2v) is 9.82. The highest BCUT2D eigenvalue weighted by Gasteiger charge is 2.23.